The largest absolute Gasteiger partial charge is 0.445 e. The molecule has 1 aromatic carbocycles. The van der Waals surface area contributed by atoms with Crippen LogP contribution in [0.1, 0.15) is 5.56 Å². The van der Waals surface area contributed by atoms with Crippen LogP contribution in [0.15, 0.2) is 24.3 Å². The van der Waals surface area contributed by atoms with Gasteiger partial charge in [-0.15, -0.1) is 0 Å². The molecular weight excluding hydrogens is 329 g/mol. The van der Waals surface area contributed by atoms with Crippen molar-refractivity contribution in [2.75, 3.05) is 11.9 Å². The highest BCUT2D eigenvalue weighted by molar-refractivity contribution is 6.67. The zero-order valence-electron chi connectivity index (χ0n) is 9.10. The summed E-state index contributed by atoms with van der Waals surface area (Å²) in [6.07, 6.45) is -5.52. The molecule has 0 saturated heterocycles. The Labute approximate surface area is 121 Å². The van der Waals surface area contributed by atoms with Gasteiger partial charge in [0.2, 0.25) is 3.79 Å². The summed E-state index contributed by atoms with van der Waals surface area (Å²) in [5, 5.41) is 2.09. The van der Waals surface area contributed by atoms with Gasteiger partial charge in [0.15, 0.2) is 0 Å². The Balaban J connectivity index is 2.65. The second-order valence-corrected chi connectivity index (χ2v) is 5.91. The van der Waals surface area contributed by atoms with E-state index in [0.29, 0.717) is 0 Å². The van der Waals surface area contributed by atoms with Crippen LogP contribution in [0.2, 0.25) is 0 Å². The van der Waals surface area contributed by atoms with Gasteiger partial charge in [0.1, 0.15) is 6.61 Å². The van der Waals surface area contributed by atoms with Crippen LogP contribution in [0.4, 0.5) is 23.7 Å². The molecule has 0 fully saturated rings. The van der Waals surface area contributed by atoms with Gasteiger partial charge >= 0.3 is 12.3 Å². The predicted molar refractivity (Wildman–Crippen MR) is 66.7 cm³/mol. The SMILES string of the molecule is O=C(Nc1cccc(C(F)(F)F)c1)OCC(Cl)(Cl)Cl. The lowest BCUT2D eigenvalue weighted by Gasteiger charge is -2.13. The van der Waals surface area contributed by atoms with E-state index in [-0.39, 0.29) is 5.69 Å². The van der Waals surface area contributed by atoms with Gasteiger partial charge in [-0.1, -0.05) is 40.9 Å². The van der Waals surface area contributed by atoms with Crippen molar-refractivity contribution in [1.82, 2.24) is 0 Å². The van der Waals surface area contributed by atoms with E-state index >= 15 is 0 Å². The summed E-state index contributed by atoms with van der Waals surface area (Å²) in [6, 6.07) is 4.05. The Kier molecular flexibility index (Phi) is 5.18. The second kappa shape index (κ2) is 6.07. The third-order valence-electron chi connectivity index (χ3n) is 1.80. The maximum atomic E-state index is 12.4. The van der Waals surface area contributed by atoms with E-state index in [2.05, 4.69) is 10.1 Å². The molecule has 3 nitrogen and oxygen atoms in total. The van der Waals surface area contributed by atoms with Crippen molar-refractivity contribution in [3.63, 3.8) is 0 Å². The highest BCUT2D eigenvalue weighted by Gasteiger charge is 2.30. The Morgan fingerprint density at radius 3 is 2.42 bits per heavy atom. The third kappa shape index (κ3) is 6.22. The van der Waals surface area contributed by atoms with Crippen molar-refractivity contribution < 1.29 is 22.7 Å². The predicted octanol–water partition coefficient (Wildman–Crippen LogP) is 4.62. The van der Waals surface area contributed by atoms with E-state index in [4.69, 9.17) is 34.8 Å². The molecule has 0 aliphatic rings. The summed E-state index contributed by atoms with van der Waals surface area (Å²) >= 11 is 16.0. The van der Waals surface area contributed by atoms with Gasteiger partial charge < -0.3 is 4.74 Å². The Hall–Kier alpha value is -0.850. The molecule has 1 amide bonds. The van der Waals surface area contributed by atoms with Gasteiger partial charge in [-0.3, -0.25) is 5.32 Å². The normalized spacial score (nSPS) is 12.1. The standard InChI is InChI=1S/C10H7Cl3F3NO2/c11-9(12,13)5-19-8(18)17-7-3-1-2-6(4-7)10(14,15)16/h1-4H,5H2,(H,17,18). The van der Waals surface area contributed by atoms with Crippen molar-refractivity contribution in [2.24, 2.45) is 0 Å². The molecule has 106 valence electrons. The van der Waals surface area contributed by atoms with Crippen LogP contribution in [0.25, 0.3) is 0 Å². The third-order valence-corrected chi connectivity index (χ3v) is 2.13. The maximum Gasteiger partial charge on any atom is 0.416 e. The van der Waals surface area contributed by atoms with E-state index in [1.165, 1.54) is 6.07 Å². The zero-order valence-corrected chi connectivity index (χ0v) is 11.4. The maximum absolute atomic E-state index is 12.4. The van der Waals surface area contributed by atoms with E-state index < -0.39 is 28.2 Å². The first-order valence-electron chi connectivity index (χ1n) is 4.76. The molecule has 1 aromatic rings. The van der Waals surface area contributed by atoms with Crippen LogP contribution in [0.5, 0.6) is 0 Å². The minimum Gasteiger partial charge on any atom is -0.445 e. The fraction of sp³-hybridized carbons (Fsp3) is 0.300. The van der Waals surface area contributed by atoms with Crippen molar-refractivity contribution in [2.45, 2.75) is 9.97 Å². The molecule has 0 heterocycles. The monoisotopic (exact) mass is 335 g/mol. The summed E-state index contributed by atoms with van der Waals surface area (Å²) in [6.45, 7) is -0.525. The highest BCUT2D eigenvalue weighted by Crippen LogP contribution is 2.30. The fourth-order valence-electron chi connectivity index (χ4n) is 1.07. The average Bonchev–Trinajstić information content (AvgIpc) is 2.25. The van der Waals surface area contributed by atoms with Gasteiger partial charge in [-0.25, -0.2) is 4.79 Å². The number of amides is 1. The summed E-state index contributed by atoms with van der Waals surface area (Å²) in [5.41, 5.74) is -0.976. The first kappa shape index (κ1) is 16.2. The molecule has 0 unspecified atom stereocenters. The molecule has 1 rings (SSSR count). The minimum atomic E-state index is -4.50. The average molecular weight is 337 g/mol. The minimum absolute atomic E-state index is 0.0795. The van der Waals surface area contributed by atoms with Crippen molar-refractivity contribution >= 4 is 46.6 Å². The Bertz CT molecular complexity index is 460. The van der Waals surface area contributed by atoms with E-state index in [0.717, 1.165) is 18.2 Å². The quantitative estimate of drug-likeness (QED) is 0.800. The summed E-state index contributed by atoms with van der Waals surface area (Å²) < 4.78 is 40.0. The molecule has 19 heavy (non-hydrogen) atoms. The molecule has 0 aromatic heterocycles. The van der Waals surface area contributed by atoms with Crippen LogP contribution in [-0.4, -0.2) is 16.5 Å². The number of nitrogens with one attached hydrogen (secondary N) is 1. The number of benzene rings is 1. The molecule has 0 spiro atoms. The number of hydrogen-bond acceptors (Lipinski definition) is 2. The lowest BCUT2D eigenvalue weighted by atomic mass is 10.2. The lowest BCUT2D eigenvalue weighted by molar-refractivity contribution is -0.137. The Morgan fingerprint density at radius 1 is 1.26 bits per heavy atom. The van der Waals surface area contributed by atoms with Gasteiger partial charge in [0, 0.05) is 5.69 Å². The van der Waals surface area contributed by atoms with Gasteiger partial charge in [0.05, 0.1) is 5.56 Å². The summed E-state index contributed by atoms with van der Waals surface area (Å²) in [4.78, 5) is 11.2. The molecule has 1 N–H and O–H groups in total. The lowest BCUT2D eigenvalue weighted by Crippen LogP contribution is -2.21. The fourth-order valence-corrected chi connectivity index (χ4v) is 1.24. The second-order valence-electron chi connectivity index (χ2n) is 3.39. The van der Waals surface area contributed by atoms with Crippen molar-refractivity contribution in [3.8, 4) is 0 Å². The molecular formula is C10H7Cl3F3NO2. The van der Waals surface area contributed by atoms with Crippen LogP contribution in [-0.2, 0) is 10.9 Å². The van der Waals surface area contributed by atoms with E-state index in [9.17, 15) is 18.0 Å². The smallest absolute Gasteiger partial charge is 0.416 e. The van der Waals surface area contributed by atoms with Crippen LogP contribution >= 0.6 is 34.8 Å². The molecule has 9 heteroatoms. The van der Waals surface area contributed by atoms with Crippen LogP contribution in [0, 0.1) is 0 Å². The van der Waals surface area contributed by atoms with Crippen LogP contribution < -0.4 is 5.32 Å². The Morgan fingerprint density at radius 2 is 1.89 bits per heavy atom. The number of hydrogen-bond donors (Lipinski definition) is 1. The molecule has 0 saturated carbocycles. The summed E-state index contributed by atoms with van der Waals surface area (Å²) in [7, 11) is 0. The van der Waals surface area contributed by atoms with E-state index in [1.807, 2.05) is 0 Å². The molecule has 0 atom stereocenters. The number of carbonyl (C=O) groups excluding carboxylic acids is 1. The number of alkyl halides is 6. The first-order valence-corrected chi connectivity index (χ1v) is 5.89. The van der Waals surface area contributed by atoms with Crippen molar-refractivity contribution in [1.29, 1.82) is 0 Å². The number of rotatable bonds is 2. The van der Waals surface area contributed by atoms with E-state index in [1.54, 1.807) is 0 Å². The number of anilines is 1. The summed E-state index contributed by atoms with van der Waals surface area (Å²) in [5.74, 6) is 0. The highest BCUT2D eigenvalue weighted by atomic mass is 35.6. The molecule has 0 radical (unpaired) electrons. The van der Waals surface area contributed by atoms with Gasteiger partial charge in [-0.05, 0) is 18.2 Å². The van der Waals surface area contributed by atoms with Gasteiger partial charge in [-0.2, -0.15) is 13.2 Å². The number of ether oxygens (including phenoxy) is 1. The molecule has 0 aliphatic heterocycles. The molecule has 0 aliphatic carbocycles. The topological polar surface area (TPSA) is 38.3 Å². The zero-order chi connectivity index (χ0) is 14.7. The van der Waals surface area contributed by atoms with Crippen molar-refractivity contribution in [3.05, 3.63) is 29.8 Å². The van der Waals surface area contributed by atoms with Crippen LogP contribution in [0.3, 0.4) is 0 Å². The number of halogens is 6. The van der Waals surface area contributed by atoms with Gasteiger partial charge in [0.25, 0.3) is 0 Å². The molecule has 0 bridgehead atoms. The first-order chi connectivity index (χ1) is 8.58. The number of carbonyl (C=O) groups is 1.